The molecule has 4 nitrogen and oxygen atoms in total. The molecule has 1 aliphatic heterocycles. The van der Waals surface area contributed by atoms with E-state index < -0.39 is 10.3 Å². The maximum atomic E-state index is 10.8. The number of aromatic nitrogens is 1. The van der Waals surface area contributed by atoms with Crippen molar-refractivity contribution in [3.63, 3.8) is 0 Å². The summed E-state index contributed by atoms with van der Waals surface area (Å²) in [5.41, 5.74) is 0.912. The minimum absolute atomic E-state index is 0.0369. The molecule has 0 radical (unpaired) electrons. The lowest BCUT2D eigenvalue weighted by atomic mass is 10.1. The van der Waals surface area contributed by atoms with Crippen LogP contribution < -0.4 is 0 Å². The second kappa shape index (κ2) is 3.19. The highest BCUT2D eigenvalue weighted by Crippen LogP contribution is 2.28. The highest BCUT2D eigenvalue weighted by atomic mass is 32.2. The van der Waals surface area contributed by atoms with E-state index in [-0.39, 0.29) is 10.3 Å². The van der Waals surface area contributed by atoms with Crippen LogP contribution >= 0.6 is 0 Å². The first-order valence-corrected chi connectivity index (χ1v) is 4.99. The zero-order valence-electron chi connectivity index (χ0n) is 7.06. The lowest BCUT2D eigenvalue weighted by molar-refractivity contribution is 0.475. The van der Waals surface area contributed by atoms with E-state index in [1.54, 1.807) is 18.3 Å². The fourth-order valence-electron chi connectivity index (χ4n) is 1.33. The fourth-order valence-corrected chi connectivity index (χ4v) is 1.86. The molecule has 0 spiro atoms. The Bertz CT molecular complexity index is 604. The van der Waals surface area contributed by atoms with Gasteiger partial charge in [-0.25, -0.2) is 0 Å². The van der Waals surface area contributed by atoms with Crippen LogP contribution in [0.4, 0.5) is 0 Å². The largest absolute Gasteiger partial charge is 0.506 e. The second-order valence-corrected chi connectivity index (χ2v) is 3.69. The average molecular weight is 209 g/mol. The summed E-state index contributed by atoms with van der Waals surface area (Å²) in [6.45, 7) is 0. The second-order valence-electron chi connectivity index (χ2n) is 2.78. The Kier molecular flexibility index (Phi) is 2.01. The van der Waals surface area contributed by atoms with Gasteiger partial charge in [0.25, 0.3) is 0 Å². The molecule has 0 saturated carbocycles. The standard InChI is InChI=1S/C9H7NO3S/c11-7-3-4-8(14(12)13)6-2-1-5-10-9(6)7/h1-5,10-11H. The molecule has 1 aliphatic carbocycles. The minimum atomic E-state index is -2.29. The van der Waals surface area contributed by atoms with E-state index in [0.717, 1.165) is 0 Å². The van der Waals surface area contributed by atoms with Gasteiger partial charge in [-0.15, -0.1) is 0 Å². The van der Waals surface area contributed by atoms with Gasteiger partial charge in [-0.05, 0) is 24.3 Å². The van der Waals surface area contributed by atoms with Crippen LogP contribution in [0.3, 0.4) is 0 Å². The lowest BCUT2D eigenvalue weighted by Crippen LogP contribution is -1.88. The summed E-state index contributed by atoms with van der Waals surface area (Å²) in [5.74, 6) is 0.0369. The molecule has 2 rings (SSSR count). The number of aromatic amines is 1. The van der Waals surface area contributed by atoms with Crippen molar-refractivity contribution in [3.8, 4) is 17.0 Å². The van der Waals surface area contributed by atoms with Gasteiger partial charge in [0, 0.05) is 11.8 Å². The van der Waals surface area contributed by atoms with Gasteiger partial charge in [-0.2, -0.15) is 8.42 Å². The van der Waals surface area contributed by atoms with Crippen molar-refractivity contribution in [2.45, 2.75) is 0 Å². The molecule has 2 aliphatic rings. The number of aromatic hydroxyl groups is 1. The number of phenolic OH excluding ortho intramolecular Hbond substituents is 1. The SMILES string of the molecule is O=S(=O)=c1ccc(O)c2[nH]cccc1-2. The van der Waals surface area contributed by atoms with E-state index >= 15 is 0 Å². The van der Waals surface area contributed by atoms with Crippen LogP contribution in [-0.4, -0.2) is 18.5 Å². The molecule has 0 saturated heterocycles. The third-order valence-electron chi connectivity index (χ3n) is 1.95. The van der Waals surface area contributed by atoms with E-state index in [9.17, 15) is 13.5 Å². The molecule has 72 valence electrons. The first-order valence-electron chi connectivity index (χ1n) is 3.92. The monoisotopic (exact) mass is 209 g/mol. The van der Waals surface area contributed by atoms with Gasteiger partial charge in [0.1, 0.15) is 10.3 Å². The Morgan fingerprint density at radius 3 is 2.71 bits per heavy atom. The van der Waals surface area contributed by atoms with Crippen LogP contribution in [0.5, 0.6) is 5.75 Å². The Hall–Kier alpha value is -1.75. The van der Waals surface area contributed by atoms with Crippen LogP contribution in [0.2, 0.25) is 0 Å². The van der Waals surface area contributed by atoms with Gasteiger partial charge < -0.3 is 10.1 Å². The first-order chi connectivity index (χ1) is 6.70. The summed E-state index contributed by atoms with van der Waals surface area (Å²) in [7, 11) is -2.29. The van der Waals surface area contributed by atoms with E-state index in [4.69, 9.17) is 0 Å². The number of hydrogen-bond acceptors (Lipinski definition) is 3. The molecular weight excluding hydrogens is 202 g/mol. The quantitative estimate of drug-likeness (QED) is 0.641. The normalized spacial score (nSPS) is 10.3. The first kappa shape index (κ1) is 8.83. The number of pyridine rings is 1. The van der Waals surface area contributed by atoms with Crippen molar-refractivity contribution in [3.05, 3.63) is 35.0 Å². The van der Waals surface area contributed by atoms with Crippen LogP contribution in [0.15, 0.2) is 30.5 Å². The lowest BCUT2D eigenvalue weighted by Gasteiger charge is -2.05. The van der Waals surface area contributed by atoms with Crippen LogP contribution in [-0.2, 0) is 10.3 Å². The third kappa shape index (κ3) is 1.27. The van der Waals surface area contributed by atoms with Crippen LogP contribution in [0, 0.1) is 4.51 Å². The van der Waals surface area contributed by atoms with Crippen molar-refractivity contribution in [2.75, 3.05) is 0 Å². The molecule has 0 fully saturated rings. The smallest absolute Gasteiger partial charge is 0.222 e. The third-order valence-corrected chi connectivity index (χ3v) is 2.66. The Labute approximate surface area is 81.3 Å². The van der Waals surface area contributed by atoms with Crippen molar-refractivity contribution >= 4 is 10.3 Å². The molecule has 2 N–H and O–H groups in total. The molecular formula is C9H7NO3S. The van der Waals surface area contributed by atoms with Gasteiger partial charge in [0.2, 0.25) is 10.3 Å². The molecule has 0 atom stereocenters. The van der Waals surface area contributed by atoms with E-state index in [1.807, 2.05) is 0 Å². The topological polar surface area (TPSA) is 70.2 Å². The van der Waals surface area contributed by atoms with Crippen molar-refractivity contribution in [1.29, 1.82) is 0 Å². The van der Waals surface area contributed by atoms with E-state index in [2.05, 4.69) is 4.98 Å². The zero-order valence-corrected chi connectivity index (χ0v) is 7.88. The Balaban J connectivity index is 3.10. The van der Waals surface area contributed by atoms with Gasteiger partial charge in [0.15, 0.2) is 0 Å². The zero-order chi connectivity index (χ0) is 10.1. The maximum absolute atomic E-state index is 10.8. The Morgan fingerprint density at radius 2 is 2.00 bits per heavy atom. The molecule has 0 aromatic heterocycles. The molecule has 0 bridgehead atoms. The Morgan fingerprint density at radius 1 is 1.21 bits per heavy atom. The molecule has 5 heteroatoms. The maximum Gasteiger partial charge on any atom is 0.222 e. The molecule has 0 aromatic carbocycles. The number of nitrogens with one attached hydrogen (secondary N) is 1. The van der Waals surface area contributed by atoms with Crippen molar-refractivity contribution in [1.82, 2.24) is 4.98 Å². The van der Waals surface area contributed by atoms with Gasteiger partial charge in [-0.1, -0.05) is 0 Å². The van der Waals surface area contributed by atoms with Crippen molar-refractivity contribution in [2.24, 2.45) is 0 Å². The number of rotatable bonds is 0. The highest BCUT2D eigenvalue weighted by Gasteiger charge is 2.08. The van der Waals surface area contributed by atoms with E-state index in [0.29, 0.717) is 11.3 Å². The molecule has 14 heavy (non-hydrogen) atoms. The minimum Gasteiger partial charge on any atom is -0.506 e. The summed E-state index contributed by atoms with van der Waals surface area (Å²) < 4.78 is 21.8. The number of H-pyrrole nitrogens is 1. The molecule has 1 heterocycles. The summed E-state index contributed by atoms with van der Waals surface area (Å²) in [6.07, 6.45) is 1.62. The molecule has 0 unspecified atom stereocenters. The predicted molar refractivity (Wildman–Crippen MR) is 51.2 cm³/mol. The van der Waals surface area contributed by atoms with Gasteiger partial charge in [0.05, 0.1) is 5.69 Å². The van der Waals surface area contributed by atoms with Crippen LogP contribution in [0.1, 0.15) is 0 Å². The van der Waals surface area contributed by atoms with Crippen LogP contribution in [0.25, 0.3) is 11.3 Å². The highest BCUT2D eigenvalue weighted by molar-refractivity contribution is 7.64. The van der Waals surface area contributed by atoms with Gasteiger partial charge >= 0.3 is 0 Å². The number of hydrogen-bond donors (Lipinski definition) is 2. The summed E-state index contributed by atoms with van der Waals surface area (Å²) in [5, 5.41) is 9.45. The average Bonchev–Trinajstić information content (AvgIpc) is 2.18. The van der Waals surface area contributed by atoms with Crippen molar-refractivity contribution < 1.29 is 13.5 Å². The summed E-state index contributed by atoms with van der Waals surface area (Å²) >= 11 is 0. The molecule has 0 amide bonds. The number of fused-ring (bicyclic) bond motifs is 1. The number of phenols is 1. The summed E-state index contributed by atoms with van der Waals surface area (Å²) in [4.78, 5) is 2.79. The predicted octanol–water partition coefficient (Wildman–Crippen LogP) is 1.24. The molecule has 0 aromatic rings. The van der Waals surface area contributed by atoms with Gasteiger partial charge in [-0.3, -0.25) is 0 Å². The fraction of sp³-hybridized carbons (Fsp3) is 0. The number of benzene rings is 1. The summed E-state index contributed by atoms with van der Waals surface area (Å²) in [6, 6.07) is 6.04. The van der Waals surface area contributed by atoms with E-state index in [1.165, 1.54) is 12.1 Å².